The van der Waals surface area contributed by atoms with Crippen molar-refractivity contribution >= 4 is 46.8 Å². The van der Waals surface area contributed by atoms with Gasteiger partial charge in [-0.15, -0.1) is 0 Å². The third-order valence-corrected chi connectivity index (χ3v) is 7.77. The number of methoxy groups -OCH3 is 3. The number of carbonyl (C=O) groups excluding carboxylic acids is 1. The molecular weight excluding hydrogens is 466 g/mol. The summed E-state index contributed by atoms with van der Waals surface area (Å²) in [5.41, 5.74) is 0.944. The highest BCUT2D eigenvalue weighted by Gasteiger charge is 2.20. The predicted molar refractivity (Wildman–Crippen MR) is 138 cm³/mol. The molecule has 0 aliphatic carbocycles. The van der Waals surface area contributed by atoms with Gasteiger partial charge >= 0.3 is 5.97 Å². The van der Waals surface area contributed by atoms with Crippen molar-refractivity contribution < 1.29 is 23.7 Å². The van der Waals surface area contributed by atoms with Gasteiger partial charge in [0, 0.05) is 43.2 Å². The topological polar surface area (TPSA) is 93.8 Å². The quantitative estimate of drug-likeness (QED) is 0.149. The van der Waals surface area contributed by atoms with E-state index in [4.69, 9.17) is 23.9 Å². The Kier molecular flexibility index (Phi) is 6.86. The molecule has 0 amide bonds. The van der Waals surface area contributed by atoms with E-state index >= 15 is 0 Å². The summed E-state index contributed by atoms with van der Waals surface area (Å²) in [5, 5.41) is 2.52. The van der Waals surface area contributed by atoms with Gasteiger partial charge in [-0.25, -0.2) is 4.98 Å². The zero-order valence-corrected chi connectivity index (χ0v) is 22.0. The Morgan fingerprint density at radius 1 is 1.00 bits per heavy atom. The van der Waals surface area contributed by atoms with Crippen molar-refractivity contribution in [3.05, 3.63) is 40.9 Å². The summed E-state index contributed by atoms with van der Waals surface area (Å²) in [6, 6.07) is 6.36. The molecule has 0 saturated heterocycles. The number of ether oxygens (including phenoxy) is 4. The monoisotopic (exact) mass is 497 g/mol. The van der Waals surface area contributed by atoms with Crippen LogP contribution in [0.1, 0.15) is 0 Å². The number of hydrogen-bond acceptors (Lipinski definition) is 7. The van der Waals surface area contributed by atoms with Gasteiger partial charge in [-0.1, -0.05) is 19.6 Å². The second-order valence-electron chi connectivity index (χ2n) is 9.61. The molecule has 35 heavy (non-hydrogen) atoms. The molecule has 0 spiro atoms. The first-order valence-electron chi connectivity index (χ1n) is 11.4. The summed E-state index contributed by atoms with van der Waals surface area (Å²) < 4.78 is 25.0. The number of carbonyl (C=O) groups is 1. The third kappa shape index (κ3) is 4.76. The fraction of sp³-hybridized carbons (Fsp3) is 0.400. The fourth-order valence-corrected chi connectivity index (χ4v) is 4.89. The molecule has 4 aromatic rings. The van der Waals surface area contributed by atoms with Gasteiger partial charge in [-0.2, -0.15) is 0 Å². The molecule has 3 aromatic heterocycles. The van der Waals surface area contributed by atoms with E-state index < -0.39 is 14.0 Å². The molecule has 0 atom stereocenters. The van der Waals surface area contributed by atoms with E-state index in [9.17, 15) is 9.59 Å². The Morgan fingerprint density at radius 2 is 1.69 bits per heavy atom. The van der Waals surface area contributed by atoms with Crippen LogP contribution in [0, 0.1) is 0 Å². The number of pyridine rings is 2. The zero-order chi connectivity index (χ0) is 25.3. The van der Waals surface area contributed by atoms with Crippen molar-refractivity contribution in [2.24, 2.45) is 0 Å². The summed E-state index contributed by atoms with van der Waals surface area (Å²) in [5.74, 6) is 0.406. The maximum Gasteiger partial charge on any atom is 0.325 e. The van der Waals surface area contributed by atoms with Crippen LogP contribution in [-0.4, -0.2) is 56.1 Å². The lowest BCUT2D eigenvalue weighted by molar-refractivity contribution is -0.141. The molecule has 3 heterocycles. The van der Waals surface area contributed by atoms with Crippen molar-refractivity contribution in [3.63, 3.8) is 0 Å². The number of aromatic nitrogens is 3. The Labute approximate surface area is 204 Å². The van der Waals surface area contributed by atoms with E-state index in [2.05, 4.69) is 19.6 Å². The number of hydrogen-bond donors (Lipinski definition) is 0. The molecule has 0 aliphatic rings. The van der Waals surface area contributed by atoms with Crippen molar-refractivity contribution in [1.82, 2.24) is 14.1 Å². The van der Waals surface area contributed by atoms with Crippen LogP contribution >= 0.6 is 0 Å². The number of rotatable bonds is 9. The van der Waals surface area contributed by atoms with Gasteiger partial charge in [0.05, 0.1) is 32.2 Å². The highest BCUT2D eigenvalue weighted by molar-refractivity contribution is 6.76. The van der Waals surface area contributed by atoms with E-state index in [1.165, 1.54) is 18.8 Å². The van der Waals surface area contributed by atoms with E-state index in [0.717, 1.165) is 11.4 Å². The average molecular weight is 498 g/mol. The molecule has 1 aromatic carbocycles. The van der Waals surface area contributed by atoms with Crippen LogP contribution in [0.4, 0.5) is 0 Å². The molecular formula is C25H31N3O6Si. The Bertz CT molecular complexity index is 1470. The number of fused-ring (bicyclic) bond motifs is 5. The average Bonchev–Trinajstić information content (AvgIpc) is 3.25. The van der Waals surface area contributed by atoms with Crippen LogP contribution in [-0.2, 0) is 27.5 Å². The number of esters is 1. The first-order chi connectivity index (χ1) is 16.7. The largest absolute Gasteiger partial charge is 0.493 e. The third-order valence-electron chi connectivity index (χ3n) is 6.06. The standard InChI is InChI=1S/C25H31N3O6Si/c1-31-20-11-17-18(12-21(20)32-2)25(30)28(14-22(29)33-3)23-16-7-8-27(24(16)26-13-19(17)23)15-34-9-10-35(4,5)6/h7-8,11-13H,9-10,14-15H2,1-6H3. The maximum atomic E-state index is 13.6. The van der Waals surface area contributed by atoms with Crippen molar-refractivity contribution in [1.29, 1.82) is 0 Å². The molecule has 0 aliphatic heterocycles. The predicted octanol–water partition coefficient (Wildman–Crippen LogP) is 4.01. The Balaban J connectivity index is 1.93. The van der Waals surface area contributed by atoms with Gasteiger partial charge in [0.25, 0.3) is 5.56 Å². The van der Waals surface area contributed by atoms with E-state index in [1.54, 1.807) is 25.4 Å². The normalized spacial score (nSPS) is 11.9. The molecule has 0 saturated carbocycles. The van der Waals surface area contributed by atoms with Crippen LogP contribution in [0.15, 0.2) is 35.4 Å². The minimum Gasteiger partial charge on any atom is -0.493 e. The summed E-state index contributed by atoms with van der Waals surface area (Å²) in [6.07, 6.45) is 3.61. The Hall–Kier alpha value is -3.37. The minimum absolute atomic E-state index is 0.229. The fourth-order valence-electron chi connectivity index (χ4n) is 4.13. The van der Waals surface area contributed by atoms with E-state index in [1.807, 2.05) is 16.8 Å². The molecule has 0 radical (unpaired) electrons. The molecule has 9 nitrogen and oxygen atoms in total. The van der Waals surface area contributed by atoms with Gasteiger partial charge in [-0.05, 0) is 24.2 Å². The highest BCUT2D eigenvalue weighted by Crippen LogP contribution is 2.36. The van der Waals surface area contributed by atoms with Gasteiger partial charge in [0.15, 0.2) is 11.5 Å². The maximum absolute atomic E-state index is 13.6. The zero-order valence-electron chi connectivity index (χ0n) is 21.0. The summed E-state index contributed by atoms with van der Waals surface area (Å²) in [7, 11) is 3.16. The van der Waals surface area contributed by atoms with Gasteiger partial charge < -0.3 is 23.5 Å². The Morgan fingerprint density at radius 3 is 2.31 bits per heavy atom. The van der Waals surface area contributed by atoms with Crippen LogP contribution in [0.25, 0.3) is 32.7 Å². The van der Waals surface area contributed by atoms with Crippen molar-refractivity contribution in [2.45, 2.75) is 39.0 Å². The van der Waals surface area contributed by atoms with Crippen LogP contribution < -0.4 is 15.0 Å². The lowest BCUT2D eigenvalue weighted by Crippen LogP contribution is -2.26. The first-order valence-corrected chi connectivity index (χ1v) is 15.1. The van der Waals surface area contributed by atoms with E-state index in [0.29, 0.717) is 52.2 Å². The van der Waals surface area contributed by atoms with Crippen LogP contribution in [0.5, 0.6) is 11.5 Å². The van der Waals surface area contributed by atoms with Gasteiger partial charge in [0.2, 0.25) is 0 Å². The van der Waals surface area contributed by atoms with E-state index in [-0.39, 0.29) is 12.1 Å². The lowest BCUT2D eigenvalue weighted by Gasteiger charge is -2.16. The smallest absolute Gasteiger partial charge is 0.325 e. The summed E-state index contributed by atoms with van der Waals surface area (Å²) in [6.45, 7) is 7.74. The molecule has 10 heteroatoms. The minimum atomic E-state index is -1.19. The summed E-state index contributed by atoms with van der Waals surface area (Å²) in [4.78, 5) is 30.6. The van der Waals surface area contributed by atoms with Gasteiger partial charge in [-0.3, -0.25) is 14.2 Å². The highest BCUT2D eigenvalue weighted by atomic mass is 28.3. The number of benzene rings is 1. The van der Waals surface area contributed by atoms with Crippen molar-refractivity contribution in [3.8, 4) is 11.5 Å². The summed E-state index contributed by atoms with van der Waals surface area (Å²) >= 11 is 0. The second kappa shape index (κ2) is 9.71. The molecule has 0 fully saturated rings. The first kappa shape index (κ1) is 24.7. The SMILES string of the molecule is COC(=O)Cn1c(=O)c2cc(OC)c(OC)cc2c2cnc3c(ccn3COCC[Si](C)(C)C)c21. The molecule has 0 bridgehead atoms. The molecule has 186 valence electrons. The number of nitrogens with zero attached hydrogens (tertiary/aromatic N) is 3. The molecule has 0 N–H and O–H groups in total. The second-order valence-corrected chi connectivity index (χ2v) is 15.2. The molecule has 0 unspecified atom stereocenters. The lowest BCUT2D eigenvalue weighted by atomic mass is 10.0. The van der Waals surface area contributed by atoms with Crippen LogP contribution in [0.3, 0.4) is 0 Å². The van der Waals surface area contributed by atoms with Crippen molar-refractivity contribution in [2.75, 3.05) is 27.9 Å². The van der Waals surface area contributed by atoms with Gasteiger partial charge in [0.1, 0.15) is 18.9 Å². The molecule has 4 rings (SSSR count). The van der Waals surface area contributed by atoms with Crippen LogP contribution in [0.2, 0.25) is 25.7 Å².